The summed E-state index contributed by atoms with van der Waals surface area (Å²) in [5, 5.41) is 15.4. The van der Waals surface area contributed by atoms with Crippen molar-refractivity contribution < 1.29 is 0 Å². The number of rotatable bonds is 3. The minimum atomic E-state index is 0. The molecule has 2 N–H and O–H groups in total. The van der Waals surface area contributed by atoms with Crippen molar-refractivity contribution in [2.24, 2.45) is 5.92 Å². The van der Waals surface area contributed by atoms with Crippen LogP contribution < -0.4 is 10.6 Å². The Hall–Kier alpha value is -1.31. The highest BCUT2D eigenvalue weighted by atomic mass is 35.5. The van der Waals surface area contributed by atoms with Crippen LogP contribution in [0, 0.1) is 17.2 Å². The first-order valence-corrected chi connectivity index (χ1v) is 5.69. The van der Waals surface area contributed by atoms with Gasteiger partial charge in [-0.25, -0.2) is 4.98 Å². The average Bonchev–Trinajstić information content (AvgIpc) is 2.38. The van der Waals surface area contributed by atoms with Crippen molar-refractivity contribution in [1.29, 1.82) is 5.26 Å². The molecule has 1 aromatic heterocycles. The van der Waals surface area contributed by atoms with Crippen LogP contribution in [0.4, 0.5) is 5.82 Å². The molecule has 1 fully saturated rings. The molecule has 2 heterocycles. The second kappa shape index (κ2) is 7.10. The van der Waals surface area contributed by atoms with E-state index in [2.05, 4.69) is 21.7 Å². The minimum Gasteiger partial charge on any atom is -0.370 e. The van der Waals surface area contributed by atoms with Gasteiger partial charge in [0.2, 0.25) is 0 Å². The van der Waals surface area contributed by atoms with Crippen LogP contribution in [0.25, 0.3) is 0 Å². The van der Waals surface area contributed by atoms with Crippen LogP contribution in [-0.4, -0.2) is 24.6 Å². The van der Waals surface area contributed by atoms with E-state index in [1.807, 2.05) is 0 Å². The molecule has 0 amide bonds. The number of nitriles is 1. The molecule has 1 saturated heterocycles. The lowest BCUT2D eigenvalue weighted by Crippen LogP contribution is -2.31. The third kappa shape index (κ3) is 4.22. The Morgan fingerprint density at radius 3 is 2.94 bits per heavy atom. The topological polar surface area (TPSA) is 60.7 Å². The van der Waals surface area contributed by atoms with Gasteiger partial charge in [-0.2, -0.15) is 5.26 Å². The van der Waals surface area contributed by atoms with E-state index in [1.54, 1.807) is 18.3 Å². The molecule has 0 radical (unpaired) electrons. The van der Waals surface area contributed by atoms with Crippen LogP contribution in [-0.2, 0) is 0 Å². The summed E-state index contributed by atoms with van der Waals surface area (Å²) in [5.74, 6) is 1.52. The number of nitrogens with one attached hydrogen (secondary N) is 2. The van der Waals surface area contributed by atoms with Gasteiger partial charge in [-0.15, -0.1) is 12.4 Å². The highest BCUT2D eigenvalue weighted by molar-refractivity contribution is 5.85. The lowest BCUT2D eigenvalue weighted by Gasteiger charge is -2.22. The maximum absolute atomic E-state index is 8.77. The Morgan fingerprint density at radius 1 is 1.47 bits per heavy atom. The molecule has 1 aliphatic rings. The number of piperidine rings is 1. The molecule has 17 heavy (non-hydrogen) atoms. The van der Waals surface area contributed by atoms with Gasteiger partial charge in [0, 0.05) is 12.7 Å². The fraction of sp³-hybridized carbons (Fsp3) is 0.500. The van der Waals surface area contributed by atoms with Gasteiger partial charge in [0.05, 0.1) is 11.6 Å². The zero-order valence-corrected chi connectivity index (χ0v) is 10.5. The van der Waals surface area contributed by atoms with Gasteiger partial charge in [-0.3, -0.25) is 0 Å². The molecule has 0 atom stereocenters. The molecule has 1 aromatic rings. The molecule has 5 heteroatoms. The van der Waals surface area contributed by atoms with E-state index in [9.17, 15) is 0 Å². The van der Waals surface area contributed by atoms with Crippen molar-refractivity contribution in [2.45, 2.75) is 12.8 Å². The van der Waals surface area contributed by atoms with E-state index < -0.39 is 0 Å². The standard InChI is InChI=1S/C12H16N4.ClH/c13-8-11-3-6-15-12(7-11)16-9-10-1-4-14-5-2-10;/h3,6-7,10,14H,1-2,4-5,9H2,(H,15,16);1H. The molecule has 0 aromatic carbocycles. The van der Waals surface area contributed by atoms with Crippen LogP contribution in [0.5, 0.6) is 0 Å². The first-order chi connectivity index (χ1) is 7.88. The highest BCUT2D eigenvalue weighted by Gasteiger charge is 2.12. The van der Waals surface area contributed by atoms with Gasteiger partial charge in [0.1, 0.15) is 5.82 Å². The van der Waals surface area contributed by atoms with Gasteiger partial charge in [-0.1, -0.05) is 0 Å². The van der Waals surface area contributed by atoms with Crippen molar-refractivity contribution in [3.63, 3.8) is 0 Å². The van der Waals surface area contributed by atoms with Gasteiger partial charge < -0.3 is 10.6 Å². The number of hydrogen-bond acceptors (Lipinski definition) is 4. The van der Waals surface area contributed by atoms with Crippen LogP contribution >= 0.6 is 12.4 Å². The van der Waals surface area contributed by atoms with Crippen LogP contribution in [0.2, 0.25) is 0 Å². The molecule has 2 rings (SSSR count). The fourth-order valence-corrected chi connectivity index (χ4v) is 1.93. The second-order valence-electron chi connectivity index (χ2n) is 4.12. The van der Waals surface area contributed by atoms with Crippen LogP contribution in [0.3, 0.4) is 0 Å². The van der Waals surface area contributed by atoms with Gasteiger partial charge in [0.25, 0.3) is 0 Å². The van der Waals surface area contributed by atoms with Crippen molar-refractivity contribution >= 4 is 18.2 Å². The largest absolute Gasteiger partial charge is 0.370 e. The van der Waals surface area contributed by atoms with E-state index >= 15 is 0 Å². The molecule has 0 saturated carbocycles. The summed E-state index contributed by atoms with van der Waals surface area (Å²) in [7, 11) is 0. The quantitative estimate of drug-likeness (QED) is 0.861. The lowest BCUT2D eigenvalue weighted by atomic mass is 9.98. The Morgan fingerprint density at radius 2 is 2.24 bits per heavy atom. The van der Waals surface area contributed by atoms with E-state index in [4.69, 9.17) is 5.26 Å². The summed E-state index contributed by atoms with van der Waals surface area (Å²) in [6.45, 7) is 3.17. The van der Waals surface area contributed by atoms with Crippen LogP contribution in [0.15, 0.2) is 18.3 Å². The molecule has 0 spiro atoms. The molecule has 0 bridgehead atoms. The Bertz CT molecular complexity index is 382. The number of nitrogens with zero attached hydrogens (tertiary/aromatic N) is 2. The molecular weight excluding hydrogens is 236 g/mol. The molecule has 92 valence electrons. The number of anilines is 1. The number of aromatic nitrogens is 1. The predicted octanol–water partition coefficient (Wildman–Crippen LogP) is 1.79. The van der Waals surface area contributed by atoms with Gasteiger partial charge in [-0.05, 0) is 44.0 Å². The molecule has 1 aliphatic heterocycles. The SMILES string of the molecule is Cl.N#Cc1ccnc(NCC2CCNCC2)c1. The van der Waals surface area contributed by atoms with Gasteiger partial charge in [0.15, 0.2) is 0 Å². The van der Waals surface area contributed by atoms with Crippen LogP contribution in [0.1, 0.15) is 18.4 Å². The summed E-state index contributed by atoms with van der Waals surface area (Å²) >= 11 is 0. The maximum atomic E-state index is 8.77. The molecule has 0 unspecified atom stereocenters. The highest BCUT2D eigenvalue weighted by Crippen LogP contribution is 2.13. The third-order valence-corrected chi connectivity index (χ3v) is 2.92. The first kappa shape index (κ1) is 13.8. The van der Waals surface area contributed by atoms with E-state index in [1.165, 1.54) is 12.8 Å². The van der Waals surface area contributed by atoms with Crippen molar-refractivity contribution in [2.75, 3.05) is 25.0 Å². The molecular formula is C12H17ClN4. The van der Waals surface area contributed by atoms with Crippen molar-refractivity contribution in [1.82, 2.24) is 10.3 Å². The molecule has 4 nitrogen and oxygen atoms in total. The summed E-state index contributed by atoms with van der Waals surface area (Å²) < 4.78 is 0. The van der Waals surface area contributed by atoms with E-state index in [0.717, 1.165) is 25.5 Å². The number of hydrogen-bond donors (Lipinski definition) is 2. The lowest BCUT2D eigenvalue weighted by molar-refractivity contribution is 0.389. The number of pyridine rings is 1. The van der Waals surface area contributed by atoms with Crippen molar-refractivity contribution in [3.8, 4) is 6.07 Å². The monoisotopic (exact) mass is 252 g/mol. The molecule has 0 aliphatic carbocycles. The zero-order chi connectivity index (χ0) is 11.2. The van der Waals surface area contributed by atoms with Crippen molar-refractivity contribution in [3.05, 3.63) is 23.9 Å². The minimum absolute atomic E-state index is 0. The van der Waals surface area contributed by atoms with Gasteiger partial charge >= 0.3 is 0 Å². The van der Waals surface area contributed by atoms with E-state index in [0.29, 0.717) is 11.5 Å². The smallest absolute Gasteiger partial charge is 0.127 e. The Balaban J connectivity index is 0.00000144. The Labute approximate surface area is 108 Å². The summed E-state index contributed by atoms with van der Waals surface area (Å²) in [5.41, 5.74) is 0.655. The number of halogens is 1. The van der Waals surface area contributed by atoms with E-state index in [-0.39, 0.29) is 12.4 Å². The summed E-state index contributed by atoms with van der Waals surface area (Å²) in [6.07, 6.45) is 4.10. The first-order valence-electron chi connectivity index (χ1n) is 5.69. The fourth-order valence-electron chi connectivity index (χ4n) is 1.93. The third-order valence-electron chi connectivity index (χ3n) is 2.92. The average molecular weight is 253 g/mol. The maximum Gasteiger partial charge on any atom is 0.127 e. The summed E-state index contributed by atoms with van der Waals surface area (Å²) in [6, 6.07) is 5.63. The predicted molar refractivity (Wildman–Crippen MR) is 70.3 cm³/mol. The zero-order valence-electron chi connectivity index (χ0n) is 9.65. The summed E-state index contributed by atoms with van der Waals surface area (Å²) in [4.78, 5) is 4.19. The second-order valence-corrected chi connectivity index (χ2v) is 4.12. The Kier molecular flexibility index (Phi) is 5.75. The normalized spacial score (nSPS) is 15.7.